The van der Waals surface area contributed by atoms with Crippen molar-refractivity contribution < 1.29 is 23.0 Å². The molecule has 25 heavy (non-hydrogen) atoms. The summed E-state index contributed by atoms with van der Waals surface area (Å²) in [5.41, 5.74) is 0.761. The van der Waals surface area contributed by atoms with Gasteiger partial charge in [0.25, 0.3) is 0 Å². The van der Waals surface area contributed by atoms with Gasteiger partial charge in [-0.3, -0.25) is 0 Å². The van der Waals surface area contributed by atoms with Crippen molar-refractivity contribution >= 4 is 23.3 Å². The third-order valence-electron chi connectivity index (χ3n) is 3.51. The largest absolute Gasteiger partial charge is 0.495 e. The van der Waals surface area contributed by atoms with E-state index in [-0.39, 0.29) is 0 Å². The first-order chi connectivity index (χ1) is 11.8. The number of nitrogens with one attached hydrogen (secondary N) is 2. The number of urea groups is 1. The number of hydrogen-bond acceptors (Lipinski definition) is 3. The lowest BCUT2D eigenvalue weighted by molar-refractivity contribution is 0.249. The summed E-state index contributed by atoms with van der Waals surface area (Å²) in [5, 5.41) is 5.52. The molecule has 0 aliphatic heterocycles. The molecule has 0 heterocycles. The first kappa shape index (κ1) is 18.8. The smallest absolute Gasteiger partial charge is 0.319 e. The molecule has 0 radical (unpaired) electrons. The van der Waals surface area contributed by atoms with E-state index in [1.807, 2.05) is 0 Å². The van der Waals surface area contributed by atoms with Crippen molar-refractivity contribution in [2.24, 2.45) is 0 Å². The fourth-order valence-corrected chi connectivity index (χ4v) is 2.42. The van der Waals surface area contributed by atoms with Gasteiger partial charge in [-0.2, -0.15) is 0 Å². The molecule has 0 spiro atoms. The molecule has 2 aromatic rings. The molecule has 2 N–H and O–H groups in total. The Morgan fingerprint density at radius 3 is 2.36 bits per heavy atom. The minimum atomic E-state index is -0.977. The quantitative estimate of drug-likeness (QED) is 0.813. The van der Waals surface area contributed by atoms with E-state index in [9.17, 15) is 13.6 Å². The van der Waals surface area contributed by atoms with Crippen molar-refractivity contribution in [1.29, 1.82) is 0 Å². The summed E-state index contributed by atoms with van der Waals surface area (Å²) in [4.78, 5) is 12.2. The molecule has 8 heteroatoms. The Labute approximate surface area is 148 Å². The second-order valence-electron chi connectivity index (χ2n) is 5.18. The minimum absolute atomic E-state index is 0.298. The molecule has 2 amide bonds. The summed E-state index contributed by atoms with van der Waals surface area (Å²) in [6.07, 6.45) is 0. The van der Waals surface area contributed by atoms with Crippen LogP contribution < -0.4 is 20.1 Å². The summed E-state index contributed by atoms with van der Waals surface area (Å²) < 4.78 is 36.5. The first-order valence-corrected chi connectivity index (χ1v) is 7.67. The van der Waals surface area contributed by atoms with Gasteiger partial charge in [0, 0.05) is 6.07 Å². The maximum Gasteiger partial charge on any atom is 0.319 e. The van der Waals surface area contributed by atoms with Crippen molar-refractivity contribution in [3.63, 3.8) is 0 Å². The molecule has 2 aromatic carbocycles. The van der Waals surface area contributed by atoms with Crippen LogP contribution in [0, 0.1) is 11.6 Å². The van der Waals surface area contributed by atoms with Gasteiger partial charge in [0.05, 0.1) is 31.0 Å². The van der Waals surface area contributed by atoms with Gasteiger partial charge in [-0.05, 0) is 30.7 Å². The van der Waals surface area contributed by atoms with Crippen LogP contribution in [0.4, 0.5) is 19.3 Å². The SMILES string of the molecule is COc1cc(OC)c(NC(=O)N[C@@H](C)c2ccc(F)c(F)c2)cc1Cl. The number of methoxy groups -OCH3 is 2. The molecule has 0 aliphatic carbocycles. The molecule has 5 nitrogen and oxygen atoms in total. The van der Waals surface area contributed by atoms with Crippen LogP contribution in [-0.2, 0) is 0 Å². The van der Waals surface area contributed by atoms with Gasteiger partial charge in [-0.25, -0.2) is 13.6 Å². The normalized spacial score (nSPS) is 11.6. The van der Waals surface area contributed by atoms with Gasteiger partial charge in [-0.15, -0.1) is 0 Å². The molecule has 2 rings (SSSR count). The fraction of sp³-hybridized carbons (Fsp3) is 0.235. The number of rotatable bonds is 5. The van der Waals surface area contributed by atoms with Gasteiger partial charge < -0.3 is 20.1 Å². The van der Waals surface area contributed by atoms with E-state index >= 15 is 0 Å². The third-order valence-corrected chi connectivity index (χ3v) is 3.81. The second-order valence-corrected chi connectivity index (χ2v) is 5.59. The van der Waals surface area contributed by atoms with Crippen LogP contribution in [0.2, 0.25) is 5.02 Å². The predicted octanol–water partition coefficient (Wildman–Crippen LogP) is 4.52. The van der Waals surface area contributed by atoms with Gasteiger partial charge in [0.1, 0.15) is 11.5 Å². The highest BCUT2D eigenvalue weighted by Gasteiger charge is 2.15. The van der Waals surface area contributed by atoms with E-state index in [2.05, 4.69) is 10.6 Å². The highest BCUT2D eigenvalue weighted by Crippen LogP contribution is 2.35. The molecule has 0 bridgehead atoms. The van der Waals surface area contributed by atoms with Crippen molar-refractivity contribution in [3.05, 3.63) is 52.6 Å². The van der Waals surface area contributed by atoms with Crippen LogP contribution in [0.3, 0.4) is 0 Å². The average molecular weight is 371 g/mol. The number of carbonyl (C=O) groups excluding carboxylic acids is 1. The maximum atomic E-state index is 13.3. The van der Waals surface area contributed by atoms with Crippen molar-refractivity contribution in [2.45, 2.75) is 13.0 Å². The molecule has 0 unspecified atom stereocenters. The Balaban J connectivity index is 2.11. The Hall–Kier alpha value is -2.54. The van der Waals surface area contributed by atoms with Crippen LogP contribution in [-0.4, -0.2) is 20.3 Å². The van der Waals surface area contributed by atoms with E-state index in [1.54, 1.807) is 6.92 Å². The van der Waals surface area contributed by atoms with E-state index in [0.717, 1.165) is 12.1 Å². The lowest BCUT2D eigenvalue weighted by Crippen LogP contribution is -2.31. The Morgan fingerprint density at radius 1 is 1.08 bits per heavy atom. The summed E-state index contributed by atoms with van der Waals surface area (Å²) >= 11 is 6.05. The molecule has 0 saturated carbocycles. The molecule has 0 fully saturated rings. The topological polar surface area (TPSA) is 59.6 Å². The average Bonchev–Trinajstić information content (AvgIpc) is 2.57. The van der Waals surface area contributed by atoms with Gasteiger partial charge in [0.15, 0.2) is 11.6 Å². The molecule has 1 atom stereocenters. The van der Waals surface area contributed by atoms with Crippen LogP contribution in [0.25, 0.3) is 0 Å². The fourth-order valence-electron chi connectivity index (χ4n) is 2.18. The van der Waals surface area contributed by atoms with Crippen LogP contribution >= 0.6 is 11.6 Å². The van der Waals surface area contributed by atoms with Gasteiger partial charge in [0.2, 0.25) is 0 Å². The molecular formula is C17H17ClF2N2O3. The number of carbonyl (C=O) groups is 1. The minimum Gasteiger partial charge on any atom is -0.495 e. The second kappa shape index (κ2) is 8.02. The zero-order chi connectivity index (χ0) is 18.6. The third kappa shape index (κ3) is 4.51. The van der Waals surface area contributed by atoms with Crippen molar-refractivity contribution in [3.8, 4) is 11.5 Å². The number of halogens is 3. The Kier molecular flexibility index (Phi) is 6.03. The number of ether oxygens (including phenoxy) is 2. The molecule has 134 valence electrons. The van der Waals surface area contributed by atoms with E-state index in [1.165, 1.54) is 32.4 Å². The summed E-state index contributed by atoms with van der Waals surface area (Å²) in [7, 11) is 2.90. The van der Waals surface area contributed by atoms with Crippen molar-refractivity contribution in [2.75, 3.05) is 19.5 Å². The summed E-state index contributed by atoms with van der Waals surface area (Å²) in [5.74, 6) is -1.16. The van der Waals surface area contributed by atoms with Crippen LogP contribution in [0.5, 0.6) is 11.5 Å². The van der Waals surface area contributed by atoms with Gasteiger partial charge >= 0.3 is 6.03 Å². The van der Waals surface area contributed by atoms with E-state index in [0.29, 0.717) is 27.8 Å². The molecule has 0 saturated heterocycles. The lowest BCUT2D eigenvalue weighted by atomic mass is 10.1. The number of hydrogen-bond donors (Lipinski definition) is 2. The monoisotopic (exact) mass is 370 g/mol. The zero-order valence-electron chi connectivity index (χ0n) is 13.8. The van der Waals surface area contributed by atoms with E-state index in [4.69, 9.17) is 21.1 Å². The molecular weight excluding hydrogens is 354 g/mol. The lowest BCUT2D eigenvalue weighted by Gasteiger charge is -2.17. The van der Waals surface area contributed by atoms with Crippen molar-refractivity contribution in [1.82, 2.24) is 5.32 Å². The highest BCUT2D eigenvalue weighted by atomic mass is 35.5. The number of anilines is 1. The van der Waals surface area contributed by atoms with Crippen LogP contribution in [0.15, 0.2) is 30.3 Å². The van der Waals surface area contributed by atoms with Crippen LogP contribution in [0.1, 0.15) is 18.5 Å². The highest BCUT2D eigenvalue weighted by molar-refractivity contribution is 6.32. The maximum absolute atomic E-state index is 13.3. The summed E-state index contributed by atoms with van der Waals surface area (Å²) in [6, 6.07) is 5.36. The predicted molar refractivity (Wildman–Crippen MR) is 91.5 cm³/mol. The molecule has 0 aromatic heterocycles. The molecule has 0 aliphatic rings. The van der Waals surface area contributed by atoms with Gasteiger partial charge in [-0.1, -0.05) is 17.7 Å². The first-order valence-electron chi connectivity index (χ1n) is 7.29. The Morgan fingerprint density at radius 2 is 1.76 bits per heavy atom. The zero-order valence-corrected chi connectivity index (χ0v) is 14.6. The Bertz CT molecular complexity index is 787. The number of amides is 2. The standard InChI is InChI=1S/C17H17ClF2N2O3/c1-9(10-4-5-12(19)13(20)6-10)21-17(23)22-14-7-11(18)15(24-2)8-16(14)25-3/h4-9H,1-3H3,(H2,21,22,23)/t9-/m0/s1. The summed E-state index contributed by atoms with van der Waals surface area (Å²) in [6.45, 7) is 1.64. The van der Waals surface area contributed by atoms with E-state index < -0.39 is 23.7 Å². The number of benzene rings is 2.